The van der Waals surface area contributed by atoms with Crippen molar-refractivity contribution in [3.8, 4) is 0 Å². The summed E-state index contributed by atoms with van der Waals surface area (Å²) in [6.07, 6.45) is 0. The second-order valence-corrected chi connectivity index (χ2v) is 5.07. The van der Waals surface area contributed by atoms with E-state index in [4.69, 9.17) is 4.42 Å². The minimum absolute atomic E-state index is 0.151. The number of benzene rings is 1. The second kappa shape index (κ2) is 5.83. The van der Waals surface area contributed by atoms with Crippen LogP contribution in [0.15, 0.2) is 28.7 Å². The Bertz CT molecular complexity index is 678. The van der Waals surface area contributed by atoms with Gasteiger partial charge in [0.25, 0.3) is 5.91 Å². The lowest BCUT2D eigenvalue weighted by Crippen LogP contribution is -2.13. The third kappa shape index (κ3) is 3.51. The summed E-state index contributed by atoms with van der Waals surface area (Å²) < 4.78 is 5.29. The Morgan fingerprint density at radius 3 is 2.19 bits per heavy atom. The molecular formula is C16H18N2O3. The van der Waals surface area contributed by atoms with Gasteiger partial charge in [0.15, 0.2) is 11.6 Å². The average molecular weight is 286 g/mol. The molecule has 110 valence electrons. The van der Waals surface area contributed by atoms with E-state index >= 15 is 0 Å². The zero-order valence-corrected chi connectivity index (χ0v) is 12.5. The highest BCUT2D eigenvalue weighted by atomic mass is 16.4. The zero-order chi connectivity index (χ0) is 15.6. The Morgan fingerprint density at radius 1 is 1.00 bits per heavy atom. The molecule has 21 heavy (non-hydrogen) atoms. The number of nitrogens with one attached hydrogen (secondary N) is 2. The second-order valence-electron chi connectivity index (χ2n) is 5.07. The number of carbonyl (C=O) groups excluding carboxylic acids is 2. The van der Waals surface area contributed by atoms with Crippen molar-refractivity contribution in [1.29, 1.82) is 0 Å². The summed E-state index contributed by atoms with van der Waals surface area (Å²) in [7, 11) is 0. The van der Waals surface area contributed by atoms with E-state index < -0.39 is 0 Å². The largest absolute Gasteiger partial charge is 0.435 e. The molecule has 5 nitrogen and oxygen atoms in total. The van der Waals surface area contributed by atoms with Gasteiger partial charge in [0.05, 0.1) is 0 Å². The Kier molecular flexibility index (Phi) is 4.12. The van der Waals surface area contributed by atoms with Crippen molar-refractivity contribution in [2.24, 2.45) is 0 Å². The Morgan fingerprint density at radius 2 is 1.62 bits per heavy atom. The van der Waals surface area contributed by atoms with Crippen molar-refractivity contribution in [2.45, 2.75) is 27.7 Å². The van der Waals surface area contributed by atoms with Gasteiger partial charge in [0, 0.05) is 18.7 Å². The van der Waals surface area contributed by atoms with Crippen LogP contribution in [-0.4, -0.2) is 11.8 Å². The highest BCUT2D eigenvalue weighted by Gasteiger charge is 2.14. The molecule has 0 saturated heterocycles. The van der Waals surface area contributed by atoms with Gasteiger partial charge in [0.2, 0.25) is 5.91 Å². The lowest BCUT2D eigenvalue weighted by molar-refractivity contribution is -0.114. The highest BCUT2D eigenvalue weighted by molar-refractivity contribution is 6.03. The van der Waals surface area contributed by atoms with Crippen LogP contribution in [-0.2, 0) is 4.79 Å². The molecule has 2 N–H and O–H groups in total. The van der Waals surface area contributed by atoms with Crippen LogP contribution in [0.5, 0.6) is 0 Å². The molecule has 0 radical (unpaired) electrons. The van der Waals surface area contributed by atoms with E-state index in [1.165, 1.54) is 13.0 Å². The average Bonchev–Trinajstić information content (AvgIpc) is 2.81. The smallest absolute Gasteiger partial charge is 0.291 e. The van der Waals surface area contributed by atoms with Gasteiger partial charge >= 0.3 is 0 Å². The first-order valence-electron chi connectivity index (χ1n) is 6.63. The van der Waals surface area contributed by atoms with Gasteiger partial charge in [-0.25, -0.2) is 0 Å². The topological polar surface area (TPSA) is 71.3 Å². The summed E-state index contributed by atoms with van der Waals surface area (Å²) >= 11 is 0. The predicted molar refractivity (Wildman–Crippen MR) is 81.6 cm³/mol. The minimum atomic E-state index is -0.346. The first-order chi connectivity index (χ1) is 9.86. The van der Waals surface area contributed by atoms with Crippen molar-refractivity contribution < 1.29 is 14.0 Å². The maximum absolute atomic E-state index is 12.2. The fourth-order valence-corrected chi connectivity index (χ4v) is 2.25. The third-order valence-electron chi connectivity index (χ3n) is 3.04. The molecule has 0 atom stereocenters. The molecule has 0 bridgehead atoms. The molecule has 1 aromatic carbocycles. The molecule has 0 unspecified atom stereocenters. The predicted octanol–water partition coefficient (Wildman–Crippen LogP) is 3.42. The van der Waals surface area contributed by atoms with Crippen molar-refractivity contribution in [3.05, 3.63) is 46.7 Å². The SMILES string of the molecule is CC(=O)Nc1ccc(C(=O)Nc2c(C)cc(C)cc2C)o1. The van der Waals surface area contributed by atoms with E-state index in [1.54, 1.807) is 6.07 Å². The number of hydrogen-bond donors (Lipinski definition) is 2. The van der Waals surface area contributed by atoms with E-state index in [0.717, 1.165) is 22.4 Å². The molecule has 0 aliphatic carbocycles. The number of furan rings is 1. The highest BCUT2D eigenvalue weighted by Crippen LogP contribution is 2.23. The molecule has 2 aromatic rings. The van der Waals surface area contributed by atoms with Crippen LogP contribution in [0, 0.1) is 20.8 Å². The van der Waals surface area contributed by atoms with Gasteiger partial charge in [0.1, 0.15) is 0 Å². The van der Waals surface area contributed by atoms with Crippen molar-refractivity contribution in [1.82, 2.24) is 0 Å². The molecule has 5 heteroatoms. The Hall–Kier alpha value is -2.56. The summed E-state index contributed by atoms with van der Waals surface area (Å²) in [5.41, 5.74) is 3.92. The molecule has 1 aromatic heterocycles. The Labute approximate surface area is 123 Å². The number of carbonyl (C=O) groups is 2. The molecule has 0 fully saturated rings. The minimum Gasteiger partial charge on any atom is -0.435 e. The van der Waals surface area contributed by atoms with Gasteiger partial charge < -0.3 is 9.73 Å². The number of amides is 2. The summed E-state index contributed by atoms with van der Waals surface area (Å²) in [5, 5.41) is 5.33. The van der Waals surface area contributed by atoms with Gasteiger partial charge in [-0.05, 0) is 38.0 Å². The molecule has 0 saturated carbocycles. The van der Waals surface area contributed by atoms with Crippen LogP contribution in [0.2, 0.25) is 0 Å². The Balaban J connectivity index is 2.18. The fraction of sp³-hybridized carbons (Fsp3) is 0.250. The maximum Gasteiger partial charge on any atom is 0.291 e. The van der Waals surface area contributed by atoms with Crippen molar-refractivity contribution in [3.63, 3.8) is 0 Å². The van der Waals surface area contributed by atoms with Crippen molar-refractivity contribution >= 4 is 23.4 Å². The normalized spacial score (nSPS) is 10.3. The van der Waals surface area contributed by atoms with Crippen molar-refractivity contribution in [2.75, 3.05) is 10.6 Å². The van der Waals surface area contributed by atoms with Gasteiger partial charge in [-0.2, -0.15) is 0 Å². The number of anilines is 2. The van der Waals surface area contributed by atoms with Gasteiger partial charge in [-0.15, -0.1) is 0 Å². The fourth-order valence-electron chi connectivity index (χ4n) is 2.25. The zero-order valence-electron chi connectivity index (χ0n) is 12.5. The third-order valence-corrected chi connectivity index (χ3v) is 3.04. The van der Waals surface area contributed by atoms with Crippen LogP contribution in [0.3, 0.4) is 0 Å². The van der Waals surface area contributed by atoms with Crippen LogP contribution in [0.1, 0.15) is 34.2 Å². The molecule has 0 aliphatic rings. The monoisotopic (exact) mass is 286 g/mol. The van der Waals surface area contributed by atoms with E-state index in [2.05, 4.69) is 10.6 Å². The number of rotatable bonds is 3. The molecule has 0 spiro atoms. The quantitative estimate of drug-likeness (QED) is 0.908. The van der Waals surface area contributed by atoms with Crippen LogP contribution < -0.4 is 10.6 Å². The lowest BCUT2D eigenvalue weighted by atomic mass is 10.1. The summed E-state index contributed by atoms with van der Waals surface area (Å²) in [6, 6.07) is 7.09. The summed E-state index contributed by atoms with van der Waals surface area (Å²) in [6.45, 7) is 7.28. The van der Waals surface area contributed by atoms with E-state index in [9.17, 15) is 9.59 Å². The standard InChI is InChI=1S/C16H18N2O3/c1-9-7-10(2)15(11(3)8-9)18-16(20)13-5-6-14(21-13)17-12(4)19/h5-8H,1-4H3,(H,17,19)(H,18,20). The number of aryl methyl sites for hydroxylation is 3. The van der Waals surface area contributed by atoms with Crippen LogP contribution in [0.25, 0.3) is 0 Å². The van der Waals surface area contributed by atoms with Gasteiger partial charge in [-0.1, -0.05) is 17.7 Å². The van der Waals surface area contributed by atoms with Crippen LogP contribution >= 0.6 is 0 Å². The lowest BCUT2D eigenvalue weighted by Gasteiger charge is -2.11. The van der Waals surface area contributed by atoms with E-state index in [1.807, 2.05) is 32.9 Å². The molecule has 2 amide bonds. The molecular weight excluding hydrogens is 268 g/mol. The summed E-state index contributed by atoms with van der Waals surface area (Å²) in [5.74, 6) is -0.189. The molecule has 0 aliphatic heterocycles. The maximum atomic E-state index is 12.2. The van der Waals surface area contributed by atoms with Crippen LogP contribution in [0.4, 0.5) is 11.6 Å². The van der Waals surface area contributed by atoms with Gasteiger partial charge in [-0.3, -0.25) is 14.9 Å². The number of hydrogen-bond acceptors (Lipinski definition) is 3. The van der Waals surface area contributed by atoms with E-state index in [0.29, 0.717) is 0 Å². The first kappa shape index (κ1) is 14.8. The van der Waals surface area contributed by atoms with E-state index in [-0.39, 0.29) is 23.5 Å². The summed E-state index contributed by atoms with van der Waals surface area (Å²) in [4.78, 5) is 23.1. The first-order valence-corrected chi connectivity index (χ1v) is 6.63. The molecule has 1 heterocycles. The molecule has 2 rings (SSSR count).